The predicted molar refractivity (Wildman–Crippen MR) is 84.3 cm³/mol. The van der Waals surface area contributed by atoms with E-state index in [9.17, 15) is 8.42 Å². The maximum Gasteiger partial charge on any atom is 0.254 e. The van der Waals surface area contributed by atoms with Crippen molar-refractivity contribution >= 4 is 33.0 Å². The molecular weight excluding hydrogens is 328 g/mol. The van der Waals surface area contributed by atoms with Crippen molar-refractivity contribution in [3.05, 3.63) is 46.6 Å². The highest BCUT2D eigenvalue weighted by Crippen LogP contribution is 2.32. The first kappa shape index (κ1) is 15.0. The maximum absolute atomic E-state index is 12.5. The first-order valence-electron chi connectivity index (χ1n) is 6.74. The molecule has 1 aliphatic rings. The Balaban J connectivity index is 1.71. The number of nitrogens with zero attached hydrogens (tertiary/aromatic N) is 2. The zero-order valence-corrected chi connectivity index (χ0v) is 13.7. The van der Waals surface area contributed by atoms with E-state index in [-0.39, 0.29) is 8.68 Å². The Labute approximate surface area is 133 Å². The fourth-order valence-electron chi connectivity index (χ4n) is 2.64. The summed E-state index contributed by atoms with van der Waals surface area (Å²) in [5, 5.41) is 0. The average Bonchev–Trinajstić information content (AvgIpc) is 2.96. The summed E-state index contributed by atoms with van der Waals surface area (Å²) >= 11 is 6.74. The number of rotatable bonds is 3. The fourth-order valence-corrected chi connectivity index (χ4v) is 5.56. The van der Waals surface area contributed by atoms with Crippen molar-refractivity contribution in [3.8, 4) is 0 Å². The molecule has 0 radical (unpaired) electrons. The number of aromatic nitrogens is 1. The van der Waals surface area contributed by atoms with E-state index in [0.717, 1.165) is 24.2 Å². The summed E-state index contributed by atoms with van der Waals surface area (Å²) in [6.07, 6.45) is 3.02. The smallest absolute Gasteiger partial charge is 0.232 e. The highest BCUT2D eigenvalue weighted by Gasteiger charge is 2.31. The first-order valence-corrected chi connectivity index (χ1v) is 9.37. The number of benzene rings is 1. The molecule has 0 spiro atoms. The van der Waals surface area contributed by atoms with Gasteiger partial charge >= 0.3 is 0 Å². The number of hydrogen-bond donors (Lipinski definition) is 0. The average molecular weight is 343 g/mol. The van der Waals surface area contributed by atoms with Crippen molar-refractivity contribution in [1.82, 2.24) is 9.29 Å². The van der Waals surface area contributed by atoms with Gasteiger partial charge in [-0.05, 0) is 24.3 Å². The molecule has 1 saturated heterocycles. The van der Waals surface area contributed by atoms with Gasteiger partial charge in [0.15, 0.2) is 8.68 Å². The summed E-state index contributed by atoms with van der Waals surface area (Å²) in [5.41, 5.74) is 1.29. The zero-order valence-electron chi connectivity index (χ0n) is 11.3. The van der Waals surface area contributed by atoms with Crippen LogP contribution in [0.3, 0.4) is 0 Å². The molecule has 1 aromatic carbocycles. The lowest BCUT2D eigenvalue weighted by atomic mass is 9.90. The van der Waals surface area contributed by atoms with Crippen molar-refractivity contribution in [2.45, 2.75) is 23.0 Å². The molecule has 0 unspecified atom stereocenters. The summed E-state index contributed by atoms with van der Waals surface area (Å²) in [6.45, 7) is 1.08. The van der Waals surface area contributed by atoms with Gasteiger partial charge in [0.05, 0.1) is 6.20 Å². The second-order valence-electron chi connectivity index (χ2n) is 5.02. The second-order valence-corrected chi connectivity index (χ2v) is 8.80. The summed E-state index contributed by atoms with van der Waals surface area (Å²) in [5.74, 6) is 0.433. The van der Waals surface area contributed by atoms with E-state index in [1.807, 2.05) is 18.2 Å². The molecule has 1 aromatic heterocycles. The molecule has 3 rings (SSSR count). The Morgan fingerprint density at radius 2 is 1.86 bits per heavy atom. The third-order valence-electron chi connectivity index (χ3n) is 3.78. The lowest BCUT2D eigenvalue weighted by Crippen LogP contribution is -2.37. The van der Waals surface area contributed by atoms with Gasteiger partial charge in [-0.2, -0.15) is 4.31 Å². The molecule has 21 heavy (non-hydrogen) atoms. The van der Waals surface area contributed by atoms with Crippen molar-refractivity contribution < 1.29 is 8.42 Å². The summed E-state index contributed by atoms with van der Waals surface area (Å²) in [4.78, 5) is 3.82. The monoisotopic (exact) mass is 342 g/mol. The largest absolute Gasteiger partial charge is 0.254 e. The van der Waals surface area contributed by atoms with Gasteiger partial charge in [-0.1, -0.05) is 53.3 Å². The lowest BCUT2D eigenvalue weighted by molar-refractivity contribution is 0.320. The molecule has 0 bridgehead atoms. The number of piperidine rings is 1. The molecule has 1 fully saturated rings. The van der Waals surface area contributed by atoms with Crippen LogP contribution in [0.2, 0.25) is 4.47 Å². The van der Waals surface area contributed by atoms with Gasteiger partial charge in [0.25, 0.3) is 10.0 Å². The van der Waals surface area contributed by atoms with E-state index >= 15 is 0 Å². The fraction of sp³-hybridized carbons (Fsp3) is 0.357. The Bertz CT molecular complexity index is 708. The van der Waals surface area contributed by atoms with Gasteiger partial charge in [0.1, 0.15) is 0 Å². The van der Waals surface area contributed by atoms with E-state index in [4.69, 9.17) is 11.6 Å². The molecule has 7 heteroatoms. The molecule has 0 atom stereocenters. The van der Waals surface area contributed by atoms with Gasteiger partial charge in [-0.3, -0.25) is 0 Å². The Morgan fingerprint density at radius 1 is 1.19 bits per heavy atom. The van der Waals surface area contributed by atoms with Crippen LogP contribution in [0, 0.1) is 0 Å². The van der Waals surface area contributed by atoms with Crippen LogP contribution in [0.4, 0.5) is 0 Å². The Hall–Kier alpha value is -0.950. The molecule has 0 N–H and O–H groups in total. The topological polar surface area (TPSA) is 50.3 Å². The molecule has 4 nitrogen and oxygen atoms in total. The van der Waals surface area contributed by atoms with Gasteiger partial charge in [0.2, 0.25) is 0 Å². The third-order valence-corrected chi connectivity index (χ3v) is 7.23. The molecule has 112 valence electrons. The van der Waals surface area contributed by atoms with Gasteiger partial charge in [0, 0.05) is 13.1 Å². The second kappa shape index (κ2) is 6.04. The lowest BCUT2D eigenvalue weighted by Gasteiger charge is -2.30. The third kappa shape index (κ3) is 3.13. The number of hydrogen-bond acceptors (Lipinski definition) is 4. The van der Waals surface area contributed by atoms with Crippen LogP contribution in [0.1, 0.15) is 24.3 Å². The number of thiazole rings is 1. The van der Waals surface area contributed by atoms with E-state index in [1.165, 1.54) is 16.1 Å². The summed E-state index contributed by atoms with van der Waals surface area (Å²) in [7, 11) is -3.44. The van der Waals surface area contributed by atoms with Gasteiger partial charge in [-0.15, -0.1) is 0 Å². The minimum absolute atomic E-state index is 0.227. The normalized spacial score (nSPS) is 18.0. The van der Waals surface area contributed by atoms with Crippen LogP contribution in [0.5, 0.6) is 0 Å². The van der Waals surface area contributed by atoms with E-state index in [0.29, 0.717) is 19.0 Å². The Kier molecular flexibility index (Phi) is 4.31. The molecule has 2 aromatic rings. The summed E-state index contributed by atoms with van der Waals surface area (Å²) in [6, 6.07) is 10.3. The van der Waals surface area contributed by atoms with Gasteiger partial charge < -0.3 is 0 Å². The minimum Gasteiger partial charge on any atom is -0.232 e. The molecule has 0 saturated carbocycles. The van der Waals surface area contributed by atoms with Crippen LogP contribution in [0.15, 0.2) is 40.7 Å². The van der Waals surface area contributed by atoms with E-state index in [2.05, 4.69) is 17.1 Å². The highest BCUT2D eigenvalue weighted by atomic mass is 35.5. The van der Waals surface area contributed by atoms with Crippen molar-refractivity contribution in [3.63, 3.8) is 0 Å². The quantitative estimate of drug-likeness (QED) is 0.859. The molecule has 2 heterocycles. The predicted octanol–water partition coefficient (Wildman–Crippen LogP) is 3.36. The van der Waals surface area contributed by atoms with Crippen molar-refractivity contribution in [1.29, 1.82) is 0 Å². The Morgan fingerprint density at radius 3 is 2.43 bits per heavy atom. The molecule has 0 aliphatic carbocycles. The van der Waals surface area contributed by atoms with E-state index < -0.39 is 10.0 Å². The minimum atomic E-state index is -3.44. The van der Waals surface area contributed by atoms with Crippen molar-refractivity contribution in [2.75, 3.05) is 13.1 Å². The number of sulfonamides is 1. The standard InChI is InChI=1S/C14H15ClN2O2S2/c15-14-16-10-13(20-14)21(18,19)17-8-6-12(7-9-17)11-4-2-1-3-5-11/h1-5,10,12H,6-9H2. The summed E-state index contributed by atoms with van der Waals surface area (Å²) < 4.78 is 27.0. The van der Waals surface area contributed by atoms with E-state index in [1.54, 1.807) is 0 Å². The van der Waals surface area contributed by atoms with Crippen LogP contribution in [-0.4, -0.2) is 30.8 Å². The van der Waals surface area contributed by atoms with Crippen LogP contribution >= 0.6 is 22.9 Å². The maximum atomic E-state index is 12.5. The van der Waals surface area contributed by atoms with Crippen molar-refractivity contribution in [2.24, 2.45) is 0 Å². The van der Waals surface area contributed by atoms with Crippen LogP contribution in [-0.2, 0) is 10.0 Å². The molecule has 0 amide bonds. The number of halogens is 1. The first-order chi connectivity index (χ1) is 10.1. The highest BCUT2D eigenvalue weighted by molar-refractivity contribution is 7.91. The molecule has 1 aliphatic heterocycles. The zero-order chi connectivity index (χ0) is 14.9. The van der Waals surface area contributed by atoms with Gasteiger partial charge in [-0.25, -0.2) is 13.4 Å². The van der Waals surface area contributed by atoms with Crippen LogP contribution < -0.4 is 0 Å². The molecular formula is C14H15ClN2O2S2. The SMILES string of the molecule is O=S(=O)(c1cnc(Cl)s1)N1CCC(c2ccccc2)CC1. The van der Waals surface area contributed by atoms with Crippen LogP contribution in [0.25, 0.3) is 0 Å².